The lowest BCUT2D eigenvalue weighted by molar-refractivity contribution is -0.136. The predicted molar refractivity (Wildman–Crippen MR) is 137 cm³/mol. The van der Waals surface area contributed by atoms with Gasteiger partial charge in [-0.3, -0.25) is 15.0 Å². The lowest BCUT2D eigenvalue weighted by Crippen LogP contribution is -2.54. The highest BCUT2D eigenvalue weighted by Gasteiger charge is 2.38. The molecule has 210 valence electrons. The molecule has 12 nitrogen and oxygen atoms in total. The molecule has 0 aromatic rings. The van der Waals surface area contributed by atoms with Crippen LogP contribution in [0.3, 0.4) is 0 Å². The third kappa shape index (κ3) is 11.2. The second-order valence-corrected chi connectivity index (χ2v) is 10.6. The molecule has 0 spiro atoms. The third-order valence-corrected chi connectivity index (χ3v) is 4.78. The molecular formula is C25H42N4O8. The van der Waals surface area contributed by atoms with Crippen LogP contribution in [0, 0.1) is 0 Å². The Hall–Kier alpha value is -3.15. The fourth-order valence-electron chi connectivity index (χ4n) is 3.34. The number of nitrogens with zero attached hydrogens (tertiary/aromatic N) is 2. The molecule has 0 heterocycles. The zero-order chi connectivity index (χ0) is 28.6. The Morgan fingerprint density at radius 3 is 2.16 bits per heavy atom. The van der Waals surface area contributed by atoms with E-state index < -0.39 is 47.5 Å². The van der Waals surface area contributed by atoms with Gasteiger partial charge in [-0.15, -0.1) is 0 Å². The molecule has 0 aromatic heterocycles. The molecule has 37 heavy (non-hydrogen) atoms. The molecule has 0 aromatic carbocycles. The molecule has 0 radical (unpaired) electrons. The average Bonchev–Trinajstić information content (AvgIpc) is 2.74. The predicted octanol–water partition coefficient (Wildman–Crippen LogP) is 2.91. The van der Waals surface area contributed by atoms with Crippen molar-refractivity contribution in [2.45, 2.75) is 97.6 Å². The van der Waals surface area contributed by atoms with Crippen LogP contribution in [0.1, 0.15) is 68.2 Å². The number of amides is 3. The summed E-state index contributed by atoms with van der Waals surface area (Å²) in [6, 6.07) is -1.53. The van der Waals surface area contributed by atoms with Crippen molar-refractivity contribution in [3.8, 4) is 0 Å². The molecule has 2 N–H and O–H groups in total. The van der Waals surface area contributed by atoms with E-state index in [1.807, 2.05) is 6.92 Å². The zero-order valence-electron chi connectivity index (χ0n) is 23.6. The van der Waals surface area contributed by atoms with Gasteiger partial charge in [-0.2, -0.15) is 0 Å². The number of methoxy groups -OCH3 is 1. The van der Waals surface area contributed by atoms with Gasteiger partial charge in [0.05, 0.1) is 25.3 Å². The van der Waals surface area contributed by atoms with Crippen molar-refractivity contribution in [2.24, 2.45) is 4.99 Å². The van der Waals surface area contributed by atoms with Crippen LogP contribution in [0.25, 0.3) is 0 Å². The molecule has 0 bridgehead atoms. The van der Waals surface area contributed by atoms with Crippen LogP contribution in [0.15, 0.2) is 16.6 Å². The third-order valence-electron chi connectivity index (χ3n) is 4.78. The number of rotatable bonds is 6. The van der Waals surface area contributed by atoms with Gasteiger partial charge in [-0.05, 0) is 54.0 Å². The van der Waals surface area contributed by atoms with E-state index in [1.165, 1.54) is 21.1 Å². The van der Waals surface area contributed by atoms with Crippen molar-refractivity contribution in [3.63, 3.8) is 0 Å². The van der Waals surface area contributed by atoms with Crippen molar-refractivity contribution in [3.05, 3.63) is 11.6 Å². The number of carbonyl (C=O) groups is 4. The van der Waals surface area contributed by atoms with E-state index in [0.717, 1.165) is 4.90 Å². The monoisotopic (exact) mass is 526 g/mol. The molecule has 1 rings (SSSR count). The van der Waals surface area contributed by atoms with Crippen molar-refractivity contribution in [2.75, 3.05) is 20.8 Å². The summed E-state index contributed by atoms with van der Waals surface area (Å²) < 4.78 is 21.6. The lowest BCUT2D eigenvalue weighted by Gasteiger charge is -2.35. The van der Waals surface area contributed by atoms with Crippen molar-refractivity contribution < 1.29 is 38.1 Å². The normalized spacial score (nSPS) is 20.3. The van der Waals surface area contributed by atoms with Crippen LogP contribution >= 0.6 is 0 Å². The molecule has 0 fully saturated rings. The second-order valence-electron chi connectivity index (χ2n) is 10.6. The van der Waals surface area contributed by atoms with Gasteiger partial charge in [-0.25, -0.2) is 19.4 Å². The van der Waals surface area contributed by atoms with E-state index in [4.69, 9.17) is 18.9 Å². The summed E-state index contributed by atoms with van der Waals surface area (Å²) in [5.41, 5.74) is -1.34. The first kappa shape index (κ1) is 31.9. The van der Waals surface area contributed by atoms with E-state index in [1.54, 1.807) is 47.6 Å². The Morgan fingerprint density at radius 2 is 1.68 bits per heavy atom. The van der Waals surface area contributed by atoms with Crippen LogP contribution < -0.4 is 10.6 Å². The number of hydrogen-bond donors (Lipinski definition) is 2. The molecular weight excluding hydrogens is 484 g/mol. The fraction of sp³-hybridized carbons (Fsp3) is 0.720. The zero-order valence-corrected chi connectivity index (χ0v) is 23.6. The van der Waals surface area contributed by atoms with Crippen LogP contribution in [0.4, 0.5) is 9.59 Å². The summed E-state index contributed by atoms with van der Waals surface area (Å²) in [6.07, 6.45) is 0.00598. The van der Waals surface area contributed by atoms with Gasteiger partial charge in [0.15, 0.2) is 0 Å². The van der Waals surface area contributed by atoms with E-state index in [9.17, 15) is 19.2 Å². The summed E-state index contributed by atoms with van der Waals surface area (Å²) in [5, 5.41) is 5.33. The van der Waals surface area contributed by atoms with Gasteiger partial charge in [-0.1, -0.05) is 6.92 Å². The Morgan fingerprint density at radius 1 is 1.08 bits per heavy atom. The Bertz CT molecular complexity index is 901. The number of aliphatic imine (C=N–C) groups is 1. The summed E-state index contributed by atoms with van der Waals surface area (Å²) in [4.78, 5) is 55.6. The highest BCUT2D eigenvalue weighted by molar-refractivity contribution is 6.01. The van der Waals surface area contributed by atoms with Crippen molar-refractivity contribution in [1.29, 1.82) is 0 Å². The lowest BCUT2D eigenvalue weighted by atomic mass is 9.88. The fourth-order valence-corrected chi connectivity index (χ4v) is 3.34. The van der Waals surface area contributed by atoms with E-state index in [-0.39, 0.29) is 23.9 Å². The van der Waals surface area contributed by atoms with Crippen LogP contribution in [-0.2, 0) is 28.5 Å². The maximum absolute atomic E-state index is 12.8. The van der Waals surface area contributed by atoms with E-state index in [2.05, 4.69) is 15.6 Å². The quantitative estimate of drug-likeness (QED) is 0.233. The number of hydrogen-bond acceptors (Lipinski definition) is 9. The van der Waals surface area contributed by atoms with Crippen LogP contribution in [-0.4, -0.2) is 85.1 Å². The first-order chi connectivity index (χ1) is 17.0. The molecule has 12 heteroatoms. The molecule has 1 aliphatic carbocycles. The standard InChI is InChI=1S/C25H42N4O8/c1-11-12-35-18-14-16(20(31)34-10)13-17(19(18)26-15(2)30)27-21(28-22(32)36-24(3,4)5)29(9)23(33)37-25(6,7)8/h14,17-19H,11-13H2,1-10H3,(H,26,30)(H,27,28,32)/t17-,18+,19+/m0/s1. The molecule has 0 saturated heterocycles. The van der Waals surface area contributed by atoms with E-state index in [0.29, 0.717) is 13.0 Å². The number of ether oxygens (including phenoxy) is 4. The summed E-state index contributed by atoms with van der Waals surface area (Å²) >= 11 is 0. The number of carbonyl (C=O) groups excluding carboxylic acids is 4. The summed E-state index contributed by atoms with van der Waals surface area (Å²) in [6.45, 7) is 13.8. The minimum Gasteiger partial charge on any atom is -0.466 e. The smallest absolute Gasteiger partial charge is 0.416 e. The van der Waals surface area contributed by atoms with Gasteiger partial charge in [0, 0.05) is 32.6 Å². The Balaban J connectivity index is 3.56. The van der Waals surface area contributed by atoms with Crippen LogP contribution in [0.5, 0.6) is 0 Å². The van der Waals surface area contributed by atoms with E-state index >= 15 is 0 Å². The molecule has 3 amide bonds. The maximum Gasteiger partial charge on any atom is 0.416 e. The minimum absolute atomic E-state index is 0.0469. The number of alkyl carbamates (subject to hydrolysis) is 1. The Labute approximate surface area is 219 Å². The first-order valence-electron chi connectivity index (χ1n) is 12.2. The van der Waals surface area contributed by atoms with Gasteiger partial charge >= 0.3 is 18.2 Å². The average molecular weight is 527 g/mol. The molecule has 3 atom stereocenters. The van der Waals surface area contributed by atoms with Crippen molar-refractivity contribution in [1.82, 2.24) is 15.5 Å². The molecule has 0 unspecified atom stereocenters. The highest BCUT2D eigenvalue weighted by atomic mass is 16.6. The van der Waals surface area contributed by atoms with Crippen molar-refractivity contribution >= 4 is 30.0 Å². The topological polar surface area (TPSA) is 145 Å². The van der Waals surface area contributed by atoms with Gasteiger partial charge in [0.1, 0.15) is 11.2 Å². The second kappa shape index (κ2) is 13.4. The number of esters is 1. The Kier molecular flexibility index (Phi) is 11.6. The van der Waals surface area contributed by atoms with Crippen LogP contribution in [0.2, 0.25) is 0 Å². The van der Waals surface area contributed by atoms with Gasteiger partial charge in [0.2, 0.25) is 11.9 Å². The largest absolute Gasteiger partial charge is 0.466 e. The number of nitrogens with one attached hydrogen (secondary N) is 2. The van der Waals surface area contributed by atoms with Gasteiger partial charge < -0.3 is 24.3 Å². The summed E-state index contributed by atoms with van der Waals surface area (Å²) in [5.74, 6) is -1.11. The SMILES string of the molecule is CCCO[C@@H]1C=C(C(=O)OC)C[C@H](/N=C(/NC(=O)OC(C)(C)C)N(C)C(=O)OC(C)(C)C)[C@H]1NC(C)=O. The first-order valence-corrected chi connectivity index (χ1v) is 12.2. The highest BCUT2D eigenvalue weighted by Crippen LogP contribution is 2.26. The number of guanidine groups is 1. The molecule has 0 aliphatic heterocycles. The molecule has 1 aliphatic rings. The minimum atomic E-state index is -0.851. The molecule has 0 saturated carbocycles. The van der Waals surface area contributed by atoms with Gasteiger partial charge in [0.25, 0.3) is 0 Å². The maximum atomic E-state index is 12.8. The summed E-state index contributed by atoms with van der Waals surface area (Å²) in [7, 11) is 2.64.